The second-order valence-electron chi connectivity index (χ2n) is 4.37. The van der Waals surface area contributed by atoms with E-state index >= 15 is 0 Å². The van der Waals surface area contributed by atoms with E-state index in [9.17, 15) is 9.90 Å². The first-order valence-electron chi connectivity index (χ1n) is 5.45. The van der Waals surface area contributed by atoms with Crippen LogP contribution >= 0.6 is 0 Å². The van der Waals surface area contributed by atoms with Gasteiger partial charge in [0.15, 0.2) is 0 Å². The van der Waals surface area contributed by atoms with Gasteiger partial charge in [0.25, 0.3) is 0 Å². The van der Waals surface area contributed by atoms with Gasteiger partial charge >= 0.3 is 13.1 Å². The molecule has 0 saturated carbocycles. The number of nitrogens with one attached hydrogen (secondary N) is 1. The third-order valence-electron chi connectivity index (χ3n) is 3.28. The minimum atomic E-state index is -1.37. The number of carboxylic acids is 1. The van der Waals surface area contributed by atoms with Crippen molar-refractivity contribution in [3.05, 3.63) is 0 Å². The number of aliphatic carboxylic acids is 1. The average Bonchev–Trinajstić information content (AvgIpc) is 2.62. The molecule has 1 fully saturated rings. The maximum Gasteiger partial charge on any atom is 0.451 e. The Bertz CT molecular complexity index is 250. The summed E-state index contributed by atoms with van der Waals surface area (Å²) in [5.41, 5.74) is -0.666. The molecule has 0 aromatic carbocycles. The quantitative estimate of drug-likeness (QED) is 0.362. The lowest BCUT2D eigenvalue weighted by Crippen LogP contribution is -2.45. The monoisotopic (exact) mass is 231 g/mol. The molecule has 1 saturated heterocycles. The lowest BCUT2D eigenvalue weighted by atomic mass is 9.73. The molecule has 1 aliphatic rings. The van der Waals surface area contributed by atoms with Crippen LogP contribution in [0, 0.1) is 5.41 Å². The molecule has 1 rings (SSSR count). The van der Waals surface area contributed by atoms with Crippen molar-refractivity contribution in [3.63, 3.8) is 0 Å². The van der Waals surface area contributed by atoms with Gasteiger partial charge in [0.1, 0.15) is 6.04 Å². The fraction of sp³-hybridized carbons (Fsp3) is 0.889. The molecule has 0 aromatic rings. The van der Waals surface area contributed by atoms with Gasteiger partial charge in [0.2, 0.25) is 0 Å². The summed E-state index contributed by atoms with van der Waals surface area (Å²) >= 11 is 0. The molecule has 1 aliphatic heterocycles. The zero-order valence-electron chi connectivity index (χ0n) is 9.09. The van der Waals surface area contributed by atoms with E-state index < -0.39 is 24.5 Å². The van der Waals surface area contributed by atoms with E-state index in [1.165, 1.54) is 0 Å². The van der Waals surface area contributed by atoms with Crippen LogP contribution in [0.25, 0.3) is 0 Å². The van der Waals surface area contributed by atoms with Crippen LogP contribution in [0.2, 0.25) is 6.32 Å². The zero-order valence-corrected chi connectivity index (χ0v) is 9.09. The van der Waals surface area contributed by atoms with Crippen molar-refractivity contribution >= 4 is 13.1 Å². The minimum Gasteiger partial charge on any atom is -0.480 e. The Kier molecular flexibility index (Phi) is 4.73. The molecule has 1 heterocycles. The van der Waals surface area contributed by atoms with Crippen molar-refractivity contribution in [2.24, 2.45) is 5.41 Å². The van der Waals surface area contributed by atoms with Gasteiger partial charge in [-0.2, -0.15) is 0 Å². The maximum atomic E-state index is 11.0. The smallest absolute Gasteiger partial charge is 0.451 e. The highest BCUT2D eigenvalue weighted by molar-refractivity contribution is 6.40. The van der Waals surface area contributed by atoms with Gasteiger partial charge < -0.3 is 25.6 Å². The summed E-state index contributed by atoms with van der Waals surface area (Å²) in [4.78, 5) is 11.0. The summed E-state index contributed by atoms with van der Waals surface area (Å²) in [6.45, 7) is 0.373. The first-order chi connectivity index (χ1) is 7.52. The Morgan fingerprint density at radius 1 is 1.50 bits per heavy atom. The van der Waals surface area contributed by atoms with Crippen LogP contribution in [-0.2, 0) is 4.79 Å². The molecule has 5 N–H and O–H groups in total. The number of hydrogen-bond donors (Lipinski definition) is 5. The summed E-state index contributed by atoms with van der Waals surface area (Å²) in [6, 6.07) is -0.742. The topological polar surface area (TPSA) is 110 Å². The molecule has 2 unspecified atom stereocenters. The van der Waals surface area contributed by atoms with Crippen molar-refractivity contribution in [2.45, 2.75) is 31.6 Å². The fourth-order valence-electron chi connectivity index (χ4n) is 2.33. The van der Waals surface area contributed by atoms with Gasteiger partial charge in [-0.3, -0.25) is 4.79 Å². The van der Waals surface area contributed by atoms with Gasteiger partial charge in [-0.1, -0.05) is 6.42 Å². The highest BCUT2D eigenvalue weighted by atomic mass is 16.4. The number of hydrogen-bond acceptors (Lipinski definition) is 5. The molecule has 0 radical (unpaired) electrons. The van der Waals surface area contributed by atoms with Gasteiger partial charge in [0.05, 0.1) is 6.61 Å². The molecular formula is C9H18BNO5. The summed E-state index contributed by atoms with van der Waals surface area (Å²) in [5, 5.41) is 38.7. The predicted octanol–water partition coefficient (Wildman–Crippen LogP) is -1.34. The van der Waals surface area contributed by atoms with Crippen LogP contribution in [0.15, 0.2) is 0 Å². The minimum absolute atomic E-state index is 0.196. The van der Waals surface area contributed by atoms with E-state index in [1.54, 1.807) is 0 Å². The zero-order chi connectivity index (χ0) is 12.2. The number of rotatable bonds is 6. The lowest BCUT2D eigenvalue weighted by Gasteiger charge is -2.30. The van der Waals surface area contributed by atoms with Gasteiger partial charge in [-0.15, -0.1) is 0 Å². The number of aliphatic hydroxyl groups excluding tert-OH is 1. The Morgan fingerprint density at radius 2 is 2.19 bits per heavy atom. The molecule has 0 bridgehead atoms. The molecule has 0 amide bonds. The summed E-state index contributed by atoms with van der Waals surface area (Å²) in [7, 11) is -1.37. The van der Waals surface area contributed by atoms with Gasteiger partial charge in [0, 0.05) is 5.41 Å². The van der Waals surface area contributed by atoms with Crippen LogP contribution in [-0.4, -0.2) is 52.5 Å². The third kappa shape index (κ3) is 2.94. The Morgan fingerprint density at radius 3 is 2.69 bits per heavy atom. The van der Waals surface area contributed by atoms with Crippen molar-refractivity contribution in [3.8, 4) is 0 Å². The number of carbonyl (C=O) groups is 1. The number of aliphatic hydroxyl groups is 1. The van der Waals surface area contributed by atoms with E-state index in [0.717, 1.165) is 0 Å². The van der Waals surface area contributed by atoms with Gasteiger partial charge in [-0.25, -0.2) is 0 Å². The van der Waals surface area contributed by atoms with Crippen LogP contribution in [0.3, 0.4) is 0 Å². The standard InChI is InChI=1S/C9H18BNO5/c12-6-9(2-1-4-10(15)16)3-5-11-7(9)8(13)14/h7,11-12,15-16H,1-6H2,(H,13,14). The highest BCUT2D eigenvalue weighted by Crippen LogP contribution is 2.36. The van der Waals surface area contributed by atoms with Crippen LogP contribution < -0.4 is 5.32 Å². The summed E-state index contributed by atoms with van der Waals surface area (Å²) < 4.78 is 0. The second-order valence-corrected chi connectivity index (χ2v) is 4.37. The van der Waals surface area contributed by atoms with E-state index in [-0.39, 0.29) is 12.9 Å². The Labute approximate surface area is 94.4 Å². The Hall–Kier alpha value is -0.625. The molecule has 92 valence electrons. The van der Waals surface area contributed by atoms with Crippen LogP contribution in [0.1, 0.15) is 19.3 Å². The molecular weight excluding hydrogens is 213 g/mol. The van der Waals surface area contributed by atoms with E-state index in [4.69, 9.17) is 15.2 Å². The largest absolute Gasteiger partial charge is 0.480 e. The van der Waals surface area contributed by atoms with Crippen LogP contribution in [0.4, 0.5) is 0 Å². The molecule has 2 atom stereocenters. The first kappa shape index (κ1) is 13.4. The molecule has 16 heavy (non-hydrogen) atoms. The first-order valence-corrected chi connectivity index (χ1v) is 5.45. The normalized spacial score (nSPS) is 29.3. The summed E-state index contributed by atoms with van der Waals surface area (Å²) in [5.74, 6) is -0.962. The van der Waals surface area contributed by atoms with Crippen LogP contribution in [0.5, 0.6) is 0 Å². The average molecular weight is 231 g/mol. The highest BCUT2D eigenvalue weighted by Gasteiger charge is 2.46. The maximum absolute atomic E-state index is 11.0. The molecule has 0 aliphatic carbocycles. The second kappa shape index (κ2) is 5.63. The molecule has 0 spiro atoms. The van der Waals surface area contributed by atoms with Crippen molar-refractivity contribution in [1.82, 2.24) is 5.32 Å². The molecule has 7 heteroatoms. The van der Waals surface area contributed by atoms with Crippen molar-refractivity contribution in [2.75, 3.05) is 13.2 Å². The number of carboxylic acid groups (broad SMARTS) is 1. The van der Waals surface area contributed by atoms with Gasteiger partial charge in [-0.05, 0) is 25.7 Å². The van der Waals surface area contributed by atoms with E-state index in [1.807, 2.05) is 0 Å². The SMILES string of the molecule is O=C(O)C1NCCC1(CO)CCCB(O)O. The van der Waals surface area contributed by atoms with Crippen molar-refractivity contribution in [1.29, 1.82) is 0 Å². The third-order valence-corrected chi connectivity index (χ3v) is 3.28. The predicted molar refractivity (Wildman–Crippen MR) is 57.8 cm³/mol. The van der Waals surface area contributed by atoms with E-state index in [0.29, 0.717) is 25.8 Å². The fourth-order valence-corrected chi connectivity index (χ4v) is 2.33. The lowest BCUT2D eigenvalue weighted by molar-refractivity contribution is -0.143. The Balaban J connectivity index is 2.58. The molecule has 0 aromatic heterocycles. The van der Waals surface area contributed by atoms with Crippen molar-refractivity contribution < 1.29 is 25.1 Å². The summed E-state index contributed by atoms with van der Waals surface area (Å²) in [6.07, 6.45) is 1.77. The molecule has 6 nitrogen and oxygen atoms in total. The van der Waals surface area contributed by atoms with E-state index in [2.05, 4.69) is 5.32 Å².